The molecule has 20 heavy (non-hydrogen) atoms. The zero-order chi connectivity index (χ0) is 13.9. The zero-order valence-corrected chi connectivity index (χ0v) is 11.8. The van der Waals surface area contributed by atoms with Gasteiger partial charge in [-0.2, -0.15) is 0 Å². The Hall–Kier alpha value is -2.00. The molecule has 2 N–H and O–H groups in total. The molecule has 3 heteroatoms. The Bertz CT molecular complexity index is 610. The molecule has 2 aromatic rings. The molecule has 0 saturated heterocycles. The molecule has 0 amide bonds. The standard InChI is InChI=1S/C17H20N2O/c1-20-17-7-6-13(11-18)10-15(17)12-19-9-8-14-4-2-3-5-16(14)19/h2-7,10H,8-9,11-12,18H2,1H3. The molecule has 0 radical (unpaired) electrons. The molecule has 0 spiro atoms. The van der Waals surface area contributed by atoms with Crippen LogP contribution >= 0.6 is 0 Å². The summed E-state index contributed by atoms with van der Waals surface area (Å²) in [7, 11) is 1.72. The number of anilines is 1. The summed E-state index contributed by atoms with van der Waals surface area (Å²) in [6.07, 6.45) is 1.12. The van der Waals surface area contributed by atoms with Crippen LogP contribution in [0.5, 0.6) is 5.75 Å². The van der Waals surface area contributed by atoms with E-state index in [0.717, 1.165) is 30.8 Å². The largest absolute Gasteiger partial charge is 0.496 e. The van der Waals surface area contributed by atoms with E-state index in [1.165, 1.54) is 16.8 Å². The summed E-state index contributed by atoms with van der Waals surface area (Å²) in [6, 6.07) is 14.8. The fraction of sp³-hybridized carbons (Fsp3) is 0.294. The van der Waals surface area contributed by atoms with Gasteiger partial charge in [-0.05, 0) is 35.7 Å². The second-order valence-electron chi connectivity index (χ2n) is 5.15. The first-order chi connectivity index (χ1) is 9.81. The lowest BCUT2D eigenvalue weighted by atomic mass is 10.1. The number of nitrogens with zero attached hydrogens (tertiary/aromatic N) is 1. The lowest BCUT2D eigenvalue weighted by Gasteiger charge is -2.21. The third-order valence-electron chi connectivity index (χ3n) is 3.93. The molecule has 3 nitrogen and oxygen atoms in total. The maximum atomic E-state index is 5.74. The molecule has 0 aromatic heterocycles. The summed E-state index contributed by atoms with van der Waals surface area (Å²) in [4.78, 5) is 2.41. The number of rotatable bonds is 4. The van der Waals surface area contributed by atoms with Crippen LogP contribution in [0, 0.1) is 0 Å². The minimum absolute atomic E-state index is 0.563. The molecule has 1 aliphatic rings. The quantitative estimate of drug-likeness (QED) is 0.926. The summed E-state index contributed by atoms with van der Waals surface area (Å²) in [5.74, 6) is 0.937. The van der Waals surface area contributed by atoms with E-state index < -0.39 is 0 Å². The monoisotopic (exact) mass is 268 g/mol. The van der Waals surface area contributed by atoms with Gasteiger partial charge in [-0.25, -0.2) is 0 Å². The molecule has 0 saturated carbocycles. The molecule has 104 valence electrons. The smallest absolute Gasteiger partial charge is 0.123 e. The molecule has 3 rings (SSSR count). The first kappa shape index (κ1) is 13.0. The van der Waals surface area contributed by atoms with E-state index in [9.17, 15) is 0 Å². The van der Waals surface area contributed by atoms with Gasteiger partial charge in [0.2, 0.25) is 0 Å². The van der Waals surface area contributed by atoms with Crippen LogP contribution in [0.2, 0.25) is 0 Å². The Morgan fingerprint density at radius 3 is 2.85 bits per heavy atom. The fourth-order valence-corrected chi connectivity index (χ4v) is 2.86. The highest BCUT2D eigenvalue weighted by Crippen LogP contribution is 2.31. The number of hydrogen-bond donors (Lipinski definition) is 1. The van der Waals surface area contributed by atoms with E-state index in [1.54, 1.807) is 7.11 Å². The SMILES string of the molecule is COc1ccc(CN)cc1CN1CCc2ccccc21. The van der Waals surface area contributed by atoms with Gasteiger partial charge in [0.1, 0.15) is 5.75 Å². The van der Waals surface area contributed by atoms with E-state index in [-0.39, 0.29) is 0 Å². The third-order valence-corrected chi connectivity index (χ3v) is 3.93. The molecule has 0 aliphatic carbocycles. The highest BCUT2D eigenvalue weighted by atomic mass is 16.5. The zero-order valence-electron chi connectivity index (χ0n) is 11.8. The maximum absolute atomic E-state index is 5.74. The van der Waals surface area contributed by atoms with Gasteiger partial charge in [-0.1, -0.05) is 24.3 Å². The van der Waals surface area contributed by atoms with Crippen molar-refractivity contribution < 1.29 is 4.74 Å². The molecule has 1 heterocycles. The van der Waals surface area contributed by atoms with E-state index >= 15 is 0 Å². The van der Waals surface area contributed by atoms with Gasteiger partial charge >= 0.3 is 0 Å². The second-order valence-corrected chi connectivity index (χ2v) is 5.15. The van der Waals surface area contributed by atoms with Gasteiger partial charge in [-0.15, -0.1) is 0 Å². The summed E-state index contributed by atoms with van der Waals surface area (Å²) < 4.78 is 5.48. The highest BCUT2D eigenvalue weighted by Gasteiger charge is 2.19. The van der Waals surface area contributed by atoms with Crippen LogP contribution in [-0.4, -0.2) is 13.7 Å². The van der Waals surface area contributed by atoms with Crippen molar-refractivity contribution in [3.63, 3.8) is 0 Å². The molecule has 0 atom stereocenters. The lowest BCUT2D eigenvalue weighted by Crippen LogP contribution is -2.20. The summed E-state index contributed by atoms with van der Waals surface area (Å²) in [6.45, 7) is 2.50. The molecule has 0 bridgehead atoms. The fourth-order valence-electron chi connectivity index (χ4n) is 2.86. The van der Waals surface area contributed by atoms with Crippen molar-refractivity contribution in [1.82, 2.24) is 0 Å². The Morgan fingerprint density at radius 2 is 2.05 bits per heavy atom. The molecule has 1 aliphatic heterocycles. The average Bonchev–Trinajstić information content (AvgIpc) is 2.90. The summed E-state index contributed by atoms with van der Waals surface area (Å²) >= 11 is 0. The van der Waals surface area contributed by atoms with Crippen molar-refractivity contribution in [2.24, 2.45) is 5.73 Å². The van der Waals surface area contributed by atoms with Gasteiger partial charge in [0.05, 0.1) is 7.11 Å². The Labute approximate surface area is 120 Å². The van der Waals surface area contributed by atoms with Crippen LogP contribution in [0.3, 0.4) is 0 Å². The average molecular weight is 268 g/mol. The van der Waals surface area contributed by atoms with Crippen molar-refractivity contribution in [1.29, 1.82) is 0 Å². The lowest BCUT2D eigenvalue weighted by molar-refractivity contribution is 0.409. The van der Waals surface area contributed by atoms with Crippen LogP contribution in [0.1, 0.15) is 16.7 Å². The molecular formula is C17H20N2O. The molecular weight excluding hydrogens is 248 g/mol. The van der Waals surface area contributed by atoms with Crippen molar-refractivity contribution in [3.05, 3.63) is 59.2 Å². The highest BCUT2D eigenvalue weighted by molar-refractivity contribution is 5.58. The van der Waals surface area contributed by atoms with E-state index in [1.807, 2.05) is 12.1 Å². The van der Waals surface area contributed by atoms with E-state index in [2.05, 4.69) is 35.2 Å². The van der Waals surface area contributed by atoms with E-state index in [4.69, 9.17) is 10.5 Å². The van der Waals surface area contributed by atoms with Crippen LogP contribution in [0.25, 0.3) is 0 Å². The first-order valence-corrected chi connectivity index (χ1v) is 7.00. The molecule has 2 aromatic carbocycles. The van der Waals surface area contributed by atoms with E-state index in [0.29, 0.717) is 6.54 Å². The van der Waals surface area contributed by atoms with Crippen molar-refractivity contribution >= 4 is 5.69 Å². The number of nitrogens with two attached hydrogens (primary N) is 1. The van der Waals surface area contributed by atoms with Crippen molar-refractivity contribution in [3.8, 4) is 5.75 Å². The van der Waals surface area contributed by atoms with Gasteiger partial charge < -0.3 is 15.4 Å². The van der Waals surface area contributed by atoms with Crippen LogP contribution in [0.15, 0.2) is 42.5 Å². The topological polar surface area (TPSA) is 38.5 Å². The van der Waals surface area contributed by atoms with Gasteiger partial charge in [0.15, 0.2) is 0 Å². The first-order valence-electron chi connectivity index (χ1n) is 7.00. The van der Waals surface area contributed by atoms with Crippen LogP contribution < -0.4 is 15.4 Å². The Morgan fingerprint density at radius 1 is 1.20 bits per heavy atom. The Kier molecular flexibility index (Phi) is 3.61. The minimum atomic E-state index is 0.563. The number of ether oxygens (including phenoxy) is 1. The molecule has 0 unspecified atom stereocenters. The minimum Gasteiger partial charge on any atom is -0.496 e. The number of para-hydroxylation sites is 1. The van der Waals surface area contributed by atoms with Crippen LogP contribution in [-0.2, 0) is 19.5 Å². The third kappa shape index (κ3) is 2.37. The van der Waals surface area contributed by atoms with Gasteiger partial charge in [0.25, 0.3) is 0 Å². The van der Waals surface area contributed by atoms with Crippen molar-refractivity contribution in [2.75, 3.05) is 18.6 Å². The predicted molar refractivity (Wildman–Crippen MR) is 82.1 cm³/mol. The second kappa shape index (κ2) is 5.55. The van der Waals surface area contributed by atoms with Gasteiger partial charge in [-0.3, -0.25) is 0 Å². The van der Waals surface area contributed by atoms with Gasteiger partial charge in [0, 0.05) is 30.9 Å². The Balaban J connectivity index is 1.88. The summed E-state index contributed by atoms with van der Waals surface area (Å²) in [5.41, 5.74) is 10.9. The maximum Gasteiger partial charge on any atom is 0.123 e. The summed E-state index contributed by atoms with van der Waals surface area (Å²) in [5, 5.41) is 0. The molecule has 0 fully saturated rings. The predicted octanol–water partition coefficient (Wildman–Crippen LogP) is 2.72. The number of hydrogen-bond acceptors (Lipinski definition) is 3. The number of methoxy groups -OCH3 is 1. The normalized spacial score (nSPS) is 13.4. The van der Waals surface area contributed by atoms with Crippen molar-refractivity contribution in [2.45, 2.75) is 19.5 Å². The number of fused-ring (bicyclic) bond motifs is 1. The number of benzene rings is 2. The van der Waals surface area contributed by atoms with Crippen LogP contribution in [0.4, 0.5) is 5.69 Å².